The van der Waals surface area contributed by atoms with Crippen LogP contribution in [0, 0.1) is 0 Å². The topological polar surface area (TPSA) is 12.0 Å². The second-order valence-corrected chi connectivity index (χ2v) is 5.59. The molecule has 0 unspecified atom stereocenters. The Hall–Kier alpha value is -0.730. The molecule has 0 radical (unpaired) electrons. The summed E-state index contributed by atoms with van der Waals surface area (Å²) in [7, 11) is 0. The molecular weight excluding hydrogens is 226 g/mol. The molecule has 0 bridgehead atoms. The van der Waals surface area contributed by atoms with Crippen molar-refractivity contribution in [2.75, 3.05) is 18.8 Å². The van der Waals surface area contributed by atoms with Crippen molar-refractivity contribution in [2.45, 2.75) is 31.6 Å². The Kier molecular flexibility index (Phi) is 6.38. The van der Waals surface area contributed by atoms with E-state index < -0.39 is 0 Å². The monoisotopic (exact) mass is 249 g/mol. The Labute approximate surface area is 110 Å². The van der Waals surface area contributed by atoms with Crippen LogP contribution in [-0.2, 0) is 0 Å². The van der Waals surface area contributed by atoms with Gasteiger partial charge in [0.15, 0.2) is 0 Å². The molecule has 0 aliphatic rings. The number of rotatable bonds is 7. The largest absolute Gasteiger partial charge is 0.313 e. The molecule has 1 nitrogen and oxygen atoms in total. The fraction of sp³-hybridized carbons (Fsp3) is 0.467. The maximum absolute atomic E-state index is 4.07. The van der Waals surface area contributed by atoms with Crippen molar-refractivity contribution in [3.05, 3.63) is 42.0 Å². The van der Waals surface area contributed by atoms with E-state index in [0.29, 0.717) is 5.92 Å². The Morgan fingerprint density at radius 1 is 1.29 bits per heavy atom. The minimum absolute atomic E-state index is 0.609. The Balaban J connectivity index is 2.39. The first kappa shape index (κ1) is 14.3. The van der Waals surface area contributed by atoms with Crippen molar-refractivity contribution in [2.24, 2.45) is 0 Å². The van der Waals surface area contributed by atoms with E-state index in [-0.39, 0.29) is 0 Å². The standard InChI is InChI=1S/C15H23NS/c1-5-16-10-13(4)11-17-15-8-6-14(7-9-15)12(2)3/h6-9,12,16H,4-5,10-11H2,1-3H3. The summed E-state index contributed by atoms with van der Waals surface area (Å²) in [4.78, 5) is 1.33. The molecule has 0 atom stereocenters. The first-order valence-corrected chi connectivity index (χ1v) is 7.22. The van der Waals surface area contributed by atoms with Crippen molar-refractivity contribution >= 4 is 11.8 Å². The molecule has 0 aliphatic heterocycles. The van der Waals surface area contributed by atoms with E-state index in [0.717, 1.165) is 18.8 Å². The quantitative estimate of drug-likeness (QED) is 0.577. The second kappa shape index (κ2) is 7.57. The molecule has 1 aromatic carbocycles. The van der Waals surface area contributed by atoms with Gasteiger partial charge in [-0.2, -0.15) is 0 Å². The van der Waals surface area contributed by atoms with Crippen LogP contribution in [0.25, 0.3) is 0 Å². The van der Waals surface area contributed by atoms with Crippen molar-refractivity contribution in [3.63, 3.8) is 0 Å². The van der Waals surface area contributed by atoms with E-state index in [1.54, 1.807) is 0 Å². The lowest BCUT2D eigenvalue weighted by Gasteiger charge is -2.08. The highest BCUT2D eigenvalue weighted by Gasteiger charge is 2.00. The summed E-state index contributed by atoms with van der Waals surface area (Å²) in [5.74, 6) is 1.60. The molecule has 0 saturated carbocycles. The van der Waals surface area contributed by atoms with Crippen molar-refractivity contribution < 1.29 is 0 Å². The highest BCUT2D eigenvalue weighted by Crippen LogP contribution is 2.22. The van der Waals surface area contributed by atoms with Gasteiger partial charge >= 0.3 is 0 Å². The fourth-order valence-electron chi connectivity index (χ4n) is 1.49. The minimum Gasteiger partial charge on any atom is -0.313 e. The zero-order valence-corrected chi connectivity index (χ0v) is 11.9. The lowest BCUT2D eigenvalue weighted by molar-refractivity contribution is 0.779. The number of benzene rings is 1. The van der Waals surface area contributed by atoms with E-state index in [1.807, 2.05) is 11.8 Å². The number of hydrogen-bond donors (Lipinski definition) is 1. The first-order chi connectivity index (χ1) is 8.13. The molecular formula is C15H23NS. The number of likely N-dealkylation sites (N-methyl/N-ethyl adjacent to an activating group) is 1. The third-order valence-electron chi connectivity index (χ3n) is 2.61. The van der Waals surface area contributed by atoms with E-state index in [2.05, 4.69) is 56.9 Å². The van der Waals surface area contributed by atoms with E-state index in [9.17, 15) is 0 Å². The van der Waals surface area contributed by atoms with Gasteiger partial charge in [-0.3, -0.25) is 0 Å². The Bertz CT molecular complexity index is 340. The van der Waals surface area contributed by atoms with Gasteiger partial charge in [0.2, 0.25) is 0 Å². The molecule has 0 aromatic heterocycles. The fourth-order valence-corrected chi connectivity index (χ4v) is 2.29. The van der Waals surface area contributed by atoms with E-state index in [1.165, 1.54) is 16.0 Å². The van der Waals surface area contributed by atoms with E-state index in [4.69, 9.17) is 0 Å². The zero-order valence-electron chi connectivity index (χ0n) is 11.1. The van der Waals surface area contributed by atoms with Crippen LogP contribution >= 0.6 is 11.8 Å². The van der Waals surface area contributed by atoms with Crippen molar-refractivity contribution in [3.8, 4) is 0 Å². The maximum atomic E-state index is 4.07. The molecule has 17 heavy (non-hydrogen) atoms. The molecule has 0 amide bonds. The third-order valence-corrected chi connectivity index (χ3v) is 3.77. The summed E-state index contributed by atoms with van der Waals surface area (Å²) in [5.41, 5.74) is 2.66. The van der Waals surface area contributed by atoms with Crippen molar-refractivity contribution in [1.29, 1.82) is 0 Å². The zero-order chi connectivity index (χ0) is 12.7. The van der Waals surface area contributed by atoms with Gasteiger partial charge in [0.25, 0.3) is 0 Å². The SMILES string of the molecule is C=C(CNCC)CSc1ccc(C(C)C)cc1. The summed E-state index contributed by atoms with van der Waals surface area (Å²) in [6, 6.07) is 8.86. The van der Waals surface area contributed by atoms with Crippen LogP contribution in [0.2, 0.25) is 0 Å². The molecule has 2 heteroatoms. The summed E-state index contributed by atoms with van der Waals surface area (Å²) >= 11 is 1.86. The van der Waals surface area contributed by atoms with E-state index >= 15 is 0 Å². The molecule has 0 aliphatic carbocycles. The lowest BCUT2D eigenvalue weighted by atomic mass is 10.0. The lowest BCUT2D eigenvalue weighted by Crippen LogP contribution is -2.16. The molecule has 1 aromatic rings. The van der Waals surface area contributed by atoms with Gasteiger partial charge in [-0.25, -0.2) is 0 Å². The van der Waals surface area contributed by atoms with Gasteiger partial charge in [0.1, 0.15) is 0 Å². The van der Waals surface area contributed by atoms with Gasteiger partial charge < -0.3 is 5.32 Å². The molecule has 0 spiro atoms. The Morgan fingerprint density at radius 3 is 2.47 bits per heavy atom. The van der Waals surface area contributed by atoms with Crippen LogP contribution in [0.1, 0.15) is 32.3 Å². The maximum Gasteiger partial charge on any atom is 0.0200 e. The molecule has 94 valence electrons. The average molecular weight is 249 g/mol. The normalized spacial score (nSPS) is 10.8. The summed E-state index contributed by atoms with van der Waals surface area (Å²) in [6.07, 6.45) is 0. The van der Waals surface area contributed by atoms with Gasteiger partial charge in [0, 0.05) is 17.2 Å². The predicted octanol–water partition coefficient (Wildman–Crippen LogP) is 4.07. The number of nitrogens with one attached hydrogen (secondary N) is 1. The van der Waals surface area contributed by atoms with Crippen LogP contribution in [0.3, 0.4) is 0 Å². The molecule has 0 saturated heterocycles. The van der Waals surface area contributed by atoms with Crippen molar-refractivity contribution in [1.82, 2.24) is 5.32 Å². The van der Waals surface area contributed by atoms with Gasteiger partial charge in [0.05, 0.1) is 0 Å². The molecule has 0 fully saturated rings. The first-order valence-electron chi connectivity index (χ1n) is 6.23. The highest BCUT2D eigenvalue weighted by molar-refractivity contribution is 7.99. The summed E-state index contributed by atoms with van der Waals surface area (Å²) in [5, 5.41) is 3.30. The van der Waals surface area contributed by atoms with Gasteiger partial charge in [-0.1, -0.05) is 45.1 Å². The molecule has 1 N–H and O–H groups in total. The van der Waals surface area contributed by atoms with Crippen LogP contribution in [0.5, 0.6) is 0 Å². The third kappa shape index (κ3) is 5.42. The summed E-state index contributed by atoms with van der Waals surface area (Å²) in [6.45, 7) is 12.6. The molecule has 0 heterocycles. The highest BCUT2D eigenvalue weighted by atomic mass is 32.2. The molecule has 1 rings (SSSR count). The smallest absolute Gasteiger partial charge is 0.0200 e. The second-order valence-electron chi connectivity index (χ2n) is 4.54. The van der Waals surface area contributed by atoms with Crippen LogP contribution < -0.4 is 5.32 Å². The van der Waals surface area contributed by atoms with Gasteiger partial charge in [-0.15, -0.1) is 11.8 Å². The minimum atomic E-state index is 0.609. The summed E-state index contributed by atoms with van der Waals surface area (Å²) < 4.78 is 0. The van der Waals surface area contributed by atoms with Crippen LogP contribution in [0.15, 0.2) is 41.3 Å². The van der Waals surface area contributed by atoms with Crippen LogP contribution in [0.4, 0.5) is 0 Å². The number of hydrogen-bond acceptors (Lipinski definition) is 2. The average Bonchev–Trinajstić information content (AvgIpc) is 2.34. The number of thioether (sulfide) groups is 1. The van der Waals surface area contributed by atoms with Gasteiger partial charge in [-0.05, 0) is 30.2 Å². The Morgan fingerprint density at radius 2 is 1.94 bits per heavy atom. The van der Waals surface area contributed by atoms with Crippen LogP contribution in [-0.4, -0.2) is 18.8 Å². The predicted molar refractivity (Wildman–Crippen MR) is 78.9 cm³/mol.